The molecule has 23 heavy (non-hydrogen) atoms. The van der Waals surface area contributed by atoms with E-state index in [2.05, 4.69) is 19.8 Å². The van der Waals surface area contributed by atoms with Crippen LogP contribution < -0.4 is 11.3 Å². The number of hydrogen-bond donors (Lipinski definition) is 4. The van der Waals surface area contributed by atoms with Crippen molar-refractivity contribution in [2.24, 2.45) is 0 Å². The normalized spacial score (nSPS) is 29.2. The van der Waals surface area contributed by atoms with Gasteiger partial charge in [0.2, 0.25) is 5.95 Å². The van der Waals surface area contributed by atoms with Crippen LogP contribution in [0.15, 0.2) is 23.0 Å². The molecule has 120 valence electrons. The number of nitrogens with zero attached hydrogens (tertiary/aromatic N) is 4. The Bertz CT molecular complexity index is 897. The Kier molecular flexibility index (Phi) is 3.39. The summed E-state index contributed by atoms with van der Waals surface area (Å²) < 4.78 is 14.8. The molecule has 0 saturated heterocycles. The van der Waals surface area contributed by atoms with Crippen LogP contribution in [0.4, 0.5) is 10.3 Å². The smallest absolute Gasteiger partial charge is 0.305 e. The highest BCUT2D eigenvalue weighted by atomic mass is 19.1. The lowest BCUT2D eigenvalue weighted by Gasteiger charge is -2.19. The highest BCUT2D eigenvalue weighted by Gasteiger charge is 2.58. The van der Waals surface area contributed by atoms with Crippen LogP contribution in [0.5, 0.6) is 0 Å². The van der Waals surface area contributed by atoms with Crippen LogP contribution in [0.3, 0.4) is 0 Å². The molecule has 0 radical (unpaired) electrons. The maximum Gasteiger partial charge on any atom is 0.305 e. The van der Waals surface area contributed by atoms with E-state index in [1.165, 1.54) is 10.9 Å². The van der Waals surface area contributed by atoms with Gasteiger partial charge in [-0.1, -0.05) is 0 Å². The van der Waals surface area contributed by atoms with E-state index in [1.54, 1.807) is 0 Å². The lowest BCUT2D eigenvalue weighted by atomic mass is 9.92. The molecule has 0 unspecified atom stereocenters. The molecule has 2 heterocycles. The summed E-state index contributed by atoms with van der Waals surface area (Å²) >= 11 is 0. The second-order valence-electron chi connectivity index (χ2n) is 5.30. The Morgan fingerprint density at radius 2 is 2.43 bits per heavy atom. The van der Waals surface area contributed by atoms with Gasteiger partial charge in [0.1, 0.15) is 12.7 Å². The Hall–Kier alpha value is -2.77. The number of nitrogens with one attached hydrogen (secondary N) is 1. The van der Waals surface area contributed by atoms with Gasteiger partial charge in [-0.15, -0.1) is 0 Å². The summed E-state index contributed by atoms with van der Waals surface area (Å²) in [5, 5.41) is 19.7. The fourth-order valence-corrected chi connectivity index (χ4v) is 2.99. The summed E-state index contributed by atoms with van der Waals surface area (Å²) in [5.41, 5.74) is 3.24. The summed E-state index contributed by atoms with van der Waals surface area (Å²) in [4.78, 5) is 25.3. The summed E-state index contributed by atoms with van der Waals surface area (Å²) in [5.74, 6) is -0.132. The van der Waals surface area contributed by atoms with E-state index >= 15 is 0 Å². The quantitative estimate of drug-likeness (QED) is 0.552. The summed E-state index contributed by atoms with van der Waals surface area (Å²) in [6.07, 6.45) is 0.175. The van der Waals surface area contributed by atoms with Crippen molar-refractivity contribution in [1.29, 1.82) is 0 Å². The van der Waals surface area contributed by atoms with Crippen molar-refractivity contribution >= 4 is 17.1 Å². The molecule has 2 aromatic heterocycles. The van der Waals surface area contributed by atoms with Crippen LogP contribution in [0.2, 0.25) is 0 Å². The first-order chi connectivity index (χ1) is 11.0. The highest BCUT2D eigenvalue weighted by molar-refractivity contribution is 5.71. The van der Waals surface area contributed by atoms with Crippen molar-refractivity contribution in [3.63, 3.8) is 0 Å². The number of anilines is 1. The lowest BCUT2D eigenvalue weighted by Crippen LogP contribution is -2.39. The van der Waals surface area contributed by atoms with Crippen molar-refractivity contribution in [2.45, 2.75) is 24.1 Å². The maximum absolute atomic E-state index is 13.5. The van der Waals surface area contributed by atoms with E-state index in [9.17, 15) is 19.4 Å². The summed E-state index contributed by atoms with van der Waals surface area (Å²) in [7, 11) is 0. The molecule has 0 spiro atoms. The van der Waals surface area contributed by atoms with Crippen LogP contribution in [0, 0.1) is 6.57 Å². The lowest BCUT2D eigenvalue weighted by molar-refractivity contribution is 0.0984. The molecule has 3 rings (SSSR count). The third-order valence-electron chi connectivity index (χ3n) is 4.20. The number of aliphatic hydroxyl groups is 2. The zero-order valence-electron chi connectivity index (χ0n) is 11.8. The van der Waals surface area contributed by atoms with Gasteiger partial charge in [-0.05, 0) is 0 Å². The van der Waals surface area contributed by atoms with E-state index < -0.39 is 29.9 Å². The monoisotopic (exact) mass is 320 g/mol. The van der Waals surface area contributed by atoms with Crippen molar-refractivity contribution in [2.75, 3.05) is 12.3 Å². The minimum Gasteiger partial charge on any atom is -0.387 e. The average molecular weight is 320 g/mol. The molecule has 0 bridgehead atoms. The molecule has 1 saturated carbocycles. The Morgan fingerprint density at radius 3 is 3.04 bits per heavy atom. The zero-order valence-corrected chi connectivity index (χ0v) is 11.8. The number of aromatic nitrogens is 4. The third kappa shape index (κ3) is 1.94. The van der Waals surface area contributed by atoms with Crippen molar-refractivity contribution < 1.29 is 14.6 Å². The van der Waals surface area contributed by atoms with Crippen molar-refractivity contribution in [3.05, 3.63) is 40.0 Å². The number of nitrogen functional groups attached to an aromatic ring is 1. The Morgan fingerprint density at radius 1 is 1.70 bits per heavy atom. The SMILES string of the molecule is [C-]#[N+][C@]1(CO)/C(=C\F)[C@@H](n2cnc3c(=O)[nH]c(N)nc32)C[C@@H]1O. The number of aliphatic hydroxyl groups excluding tert-OH is 2. The van der Waals surface area contributed by atoms with Gasteiger partial charge in [0.05, 0.1) is 24.3 Å². The Labute approximate surface area is 128 Å². The molecule has 0 aromatic carbocycles. The number of rotatable bonds is 2. The maximum atomic E-state index is 13.5. The number of fused-ring (bicyclic) bond motifs is 1. The van der Waals surface area contributed by atoms with Gasteiger partial charge in [0.15, 0.2) is 11.2 Å². The van der Waals surface area contributed by atoms with Crippen LogP contribution in [0.25, 0.3) is 16.0 Å². The van der Waals surface area contributed by atoms with Crippen LogP contribution in [-0.2, 0) is 0 Å². The fraction of sp³-hybridized carbons (Fsp3) is 0.385. The molecular weight excluding hydrogens is 307 g/mol. The highest BCUT2D eigenvalue weighted by Crippen LogP contribution is 2.46. The average Bonchev–Trinajstić information content (AvgIpc) is 3.05. The molecule has 1 fully saturated rings. The predicted octanol–water partition coefficient (Wildman–Crippen LogP) is -0.489. The molecule has 9 nitrogen and oxygen atoms in total. The molecule has 0 aliphatic heterocycles. The molecule has 5 N–H and O–H groups in total. The van der Waals surface area contributed by atoms with Crippen molar-refractivity contribution in [1.82, 2.24) is 19.5 Å². The van der Waals surface area contributed by atoms with Crippen LogP contribution in [-0.4, -0.2) is 48.0 Å². The summed E-state index contributed by atoms with van der Waals surface area (Å²) in [6, 6.07) is -0.810. The molecule has 1 aliphatic carbocycles. The second-order valence-corrected chi connectivity index (χ2v) is 5.30. The number of hydrogen-bond acceptors (Lipinski definition) is 6. The minimum atomic E-state index is -1.76. The standard InChI is InChI=1S/C13H13FN6O3/c1-16-13(4-21)6(3-14)7(2-8(13)22)20-5-17-9-10(20)18-12(15)19-11(9)23/h3,5,7-8,21-22H,2,4H2,(H3,15,18,19,23)/b6-3-/t7-,8-,13+/m0/s1. The molecule has 3 atom stereocenters. The number of nitrogens with two attached hydrogens (primary N) is 1. The van der Waals surface area contributed by atoms with E-state index in [-0.39, 0.29) is 35.4 Å². The van der Waals surface area contributed by atoms with Gasteiger partial charge < -0.3 is 20.5 Å². The number of imidazole rings is 1. The first-order valence-corrected chi connectivity index (χ1v) is 6.69. The first kappa shape index (κ1) is 15.1. The molecule has 10 heteroatoms. The summed E-state index contributed by atoms with van der Waals surface area (Å²) in [6.45, 7) is 6.51. The fourth-order valence-electron chi connectivity index (χ4n) is 2.99. The van der Waals surface area contributed by atoms with Gasteiger partial charge >= 0.3 is 5.54 Å². The topological polar surface area (TPSA) is 134 Å². The van der Waals surface area contributed by atoms with Gasteiger partial charge in [0, 0.05) is 6.42 Å². The number of H-pyrrole nitrogens is 1. The van der Waals surface area contributed by atoms with Gasteiger partial charge in [-0.2, -0.15) is 4.98 Å². The van der Waals surface area contributed by atoms with Gasteiger partial charge in [-0.25, -0.2) is 15.9 Å². The molecule has 0 amide bonds. The predicted molar refractivity (Wildman–Crippen MR) is 77.8 cm³/mol. The van der Waals surface area contributed by atoms with Crippen LogP contribution >= 0.6 is 0 Å². The minimum absolute atomic E-state index is 0.0104. The number of halogens is 1. The zero-order chi connectivity index (χ0) is 16.8. The molecule has 2 aromatic rings. The first-order valence-electron chi connectivity index (χ1n) is 6.69. The van der Waals surface area contributed by atoms with E-state index in [1.807, 2.05) is 0 Å². The van der Waals surface area contributed by atoms with Crippen molar-refractivity contribution in [3.8, 4) is 0 Å². The van der Waals surface area contributed by atoms with E-state index in [0.717, 1.165) is 0 Å². The van der Waals surface area contributed by atoms with Crippen LogP contribution in [0.1, 0.15) is 12.5 Å². The second kappa shape index (κ2) is 5.15. The Balaban J connectivity index is 2.21. The molecule has 1 aliphatic rings. The number of aromatic amines is 1. The largest absolute Gasteiger partial charge is 0.387 e. The van der Waals surface area contributed by atoms with E-state index in [4.69, 9.17) is 12.3 Å². The van der Waals surface area contributed by atoms with Gasteiger partial charge in [0.25, 0.3) is 5.56 Å². The van der Waals surface area contributed by atoms with Gasteiger partial charge in [-0.3, -0.25) is 14.6 Å². The molecular formula is C13H13FN6O3. The van der Waals surface area contributed by atoms with E-state index in [0.29, 0.717) is 0 Å². The third-order valence-corrected chi connectivity index (χ3v) is 4.20.